The number of nitrogens with zero attached hydrogens (tertiary/aromatic N) is 2. The van der Waals surface area contributed by atoms with Gasteiger partial charge in [-0.05, 0) is 75.6 Å². The van der Waals surface area contributed by atoms with Crippen LogP contribution < -0.4 is 9.47 Å². The molecule has 0 radical (unpaired) electrons. The van der Waals surface area contributed by atoms with E-state index in [1.807, 2.05) is 113 Å². The van der Waals surface area contributed by atoms with Crippen LogP contribution in [0.25, 0.3) is 0 Å². The Morgan fingerprint density at radius 3 is 1.69 bits per heavy atom. The average molecular weight is 658 g/mol. The van der Waals surface area contributed by atoms with Crippen molar-refractivity contribution in [2.45, 2.75) is 58.7 Å². The monoisotopic (exact) mass is 657 g/mol. The van der Waals surface area contributed by atoms with Crippen LogP contribution in [0.3, 0.4) is 0 Å². The third-order valence-corrected chi connectivity index (χ3v) is 15.1. The van der Waals surface area contributed by atoms with E-state index in [2.05, 4.69) is 0 Å². The van der Waals surface area contributed by atoms with Crippen LogP contribution in [-0.4, -0.2) is 65.0 Å². The van der Waals surface area contributed by atoms with Crippen LogP contribution in [-0.2, 0) is 28.8 Å². The van der Waals surface area contributed by atoms with Gasteiger partial charge in [0.25, 0.3) is 0 Å². The molecule has 244 valence electrons. The third kappa shape index (κ3) is 8.04. The second kappa shape index (κ2) is 16.5. The number of hydrogen-bond acceptors (Lipinski definition) is 9. The summed E-state index contributed by atoms with van der Waals surface area (Å²) in [6.45, 7) is 9.32. The molecule has 0 spiro atoms. The first-order chi connectivity index (χ1) is 21.5. The summed E-state index contributed by atoms with van der Waals surface area (Å²) in [5, 5.41) is 9.22. The highest BCUT2D eigenvalue weighted by Gasteiger charge is 2.64. The summed E-state index contributed by atoms with van der Waals surface area (Å²) in [6.07, 6.45) is 0.0386. The maximum atomic E-state index is 14.5. The maximum Gasteiger partial charge on any atom is 0.470 e. The summed E-state index contributed by atoms with van der Waals surface area (Å²) in [6, 6.07) is 26.5. The lowest BCUT2D eigenvalue weighted by Crippen LogP contribution is -2.42. The van der Waals surface area contributed by atoms with E-state index in [-0.39, 0.29) is 44.1 Å². The molecule has 1 atom stereocenters. The Kier molecular flexibility index (Phi) is 13.4. The molecule has 0 fully saturated rings. The topological polar surface area (TPSA) is 107 Å². The van der Waals surface area contributed by atoms with Crippen LogP contribution in [0.1, 0.15) is 57.7 Å². The van der Waals surface area contributed by atoms with Gasteiger partial charge in [-0.2, -0.15) is 22.7 Å². The molecule has 9 nitrogen and oxygen atoms in total. The Morgan fingerprint density at radius 2 is 1.27 bits per heavy atom. The van der Waals surface area contributed by atoms with Gasteiger partial charge in [0.1, 0.15) is 29.5 Å². The van der Waals surface area contributed by atoms with Gasteiger partial charge in [0.05, 0.1) is 39.9 Å². The molecule has 0 aliphatic carbocycles. The molecule has 0 heterocycles. The fourth-order valence-corrected chi connectivity index (χ4v) is 13.2. The number of ether oxygens (including phenoxy) is 3. The predicted octanol–water partition coefficient (Wildman–Crippen LogP) is 7.19. The minimum Gasteiger partial charge on any atom is -0.497 e. The number of benzene rings is 3. The molecule has 3 aromatic rings. The summed E-state index contributed by atoms with van der Waals surface area (Å²) < 4.78 is 60.8. The standard InChI is InChI=1S/C34H46N2O7PS/c1-8-42-44(43-24-12-23-35,36(27(2)3)28(4)5)45(37,38)26-25-41-34(29-13-10-9-11-14-29,30-15-19-32(39-6)20-16-30)31-17-21-33(40-7)22-18-31/h9-11,13-22,27-28H,8,12,24-26H2,1-7H3/q+1. The molecule has 0 saturated heterocycles. The molecule has 0 aromatic heterocycles. The first kappa shape index (κ1) is 36.4. The summed E-state index contributed by atoms with van der Waals surface area (Å²) in [5.74, 6) is 0.993. The van der Waals surface area contributed by atoms with Gasteiger partial charge >= 0.3 is 16.5 Å². The summed E-state index contributed by atoms with van der Waals surface area (Å²) in [7, 11) is -4.61. The second-order valence-corrected chi connectivity index (χ2v) is 17.4. The molecule has 1 unspecified atom stereocenters. The van der Waals surface area contributed by atoms with E-state index in [1.54, 1.807) is 25.8 Å². The lowest BCUT2D eigenvalue weighted by Gasteiger charge is -2.37. The summed E-state index contributed by atoms with van der Waals surface area (Å²) in [4.78, 5) is 0. The molecule has 0 aliphatic rings. The minimum atomic E-state index is -4.09. The Labute approximate surface area is 269 Å². The molecule has 0 bridgehead atoms. The Bertz CT molecular complexity index is 1420. The number of hydrogen-bond donors (Lipinski definition) is 0. The van der Waals surface area contributed by atoms with Crippen molar-refractivity contribution in [3.05, 3.63) is 95.6 Å². The van der Waals surface area contributed by atoms with Crippen molar-refractivity contribution in [2.75, 3.05) is 39.8 Å². The van der Waals surface area contributed by atoms with Crippen molar-refractivity contribution in [2.24, 2.45) is 0 Å². The maximum absolute atomic E-state index is 14.5. The van der Waals surface area contributed by atoms with Crippen LogP contribution in [0.5, 0.6) is 11.5 Å². The van der Waals surface area contributed by atoms with Crippen molar-refractivity contribution in [3.8, 4) is 17.6 Å². The zero-order chi connectivity index (χ0) is 33.1. The second-order valence-electron chi connectivity index (χ2n) is 10.8. The zero-order valence-corrected chi connectivity index (χ0v) is 29.0. The van der Waals surface area contributed by atoms with Crippen LogP contribution in [0.15, 0.2) is 78.9 Å². The van der Waals surface area contributed by atoms with Gasteiger partial charge in [0.2, 0.25) is 0 Å². The Balaban J connectivity index is 2.16. The smallest absolute Gasteiger partial charge is 0.470 e. The quantitative estimate of drug-likeness (QED) is 0.0798. The molecule has 0 N–H and O–H groups in total. The van der Waals surface area contributed by atoms with Gasteiger partial charge in [-0.1, -0.05) is 54.6 Å². The third-order valence-electron chi connectivity index (χ3n) is 7.29. The van der Waals surface area contributed by atoms with E-state index in [0.29, 0.717) is 11.5 Å². The van der Waals surface area contributed by atoms with Gasteiger partial charge < -0.3 is 14.2 Å². The van der Waals surface area contributed by atoms with E-state index >= 15 is 0 Å². The SMILES string of the molecule is CCO[P+](OCCC#N)(N(C(C)C)C(C)C)S(=O)(=O)CCOC(c1ccccc1)(c1ccc(OC)cc1)c1ccc(OC)cc1. The van der Waals surface area contributed by atoms with E-state index in [1.165, 1.54) is 0 Å². The molecule has 0 saturated carbocycles. The molecule has 11 heteroatoms. The Hall–Kier alpha value is -3.03. The first-order valence-electron chi connectivity index (χ1n) is 15.1. The van der Waals surface area contributed by atoms with Crippen LogP contribution >= 0.6 is 7.07 Å². The predicted molar refractivity (Wildman–Crippen MR) is 179 cm³/mol. The molecule has 45 heavy (non-hydrogen) atoms. The lowest BCUT2D eigenvalue weighted by molar-refractivity contribution is 0.0227. The lowest BCUT2D eigenvalue weighted by atomic mass is 9.80. The fraction of sp³-hybridized carbons (Fsp3) is 0.441. The first-order valence-corrected chi connectivity index (χ1v) is 18.9. The van der Waals surface area contributed by atoms with E-state index < -0.39 is 22.1 Å². The summed E-state index contributed by atoms with van der Waals surface area (Å²) >= 11 is 0. The normalized spacial score (nSPS) is 13.5. The number of nitriles is 1. The van der Waals surface area contributed by atoms with Crippen molar-refractivity contribution < 1.29 is 31.7 Å². The van der Waals surface area contributed by atoms with Gasteiger partial charge in [-0.25, -0.2) is 0 Å². The highest BCUT2D eigenvalue weighted by Crippen LogP contribution is 2.71. The van der Waals surface area contributed by atoms with Crippen LogP contribution in [0, 0.1) is 11.3 Å². The zero-order valence-electron chi connectivity index (χ0n) is 27.3. The van der Waals surface area contributed by atoms with Crippen LogP contribution in [0.2, 0.25) is 0 Å². The molecular formula is C34H46N2O7PS+. The highest BCUT2D eigenvalue weighted by molar-refractivity contribution is 8.53. The van der Waals surface area contributed by atoms with Gasteiger partial charge in [0, 0.05) is 12.1 Å². The van der Waals surface area contributed by atoms with Crippen molar-refractivity contribution in [1.82, 2.24) is 4.67 Å². The molecule has 0 amide bonds. The minimum absolute atomic E-state index is 0.0386. The Morgan fingerprint density at radius 1 is 0.778 bits per heavy atom. The number of rotatable bonds is 18. The largest absolute Gasteiger partial charge is 0.497 e. The van der Waals surface area contributed by atoms with Crippen LogP contribution in [0.4, 0.5) is 0 Å². The molecular weight excluding hydrogens is 611 g/mol. The molecule has 3 aromatic carbocycles. The molecule has 0 aliphatic heterocycles. The van der Waals surface area contributed by atoms with Crippen molar-refractivity contribution in [3.63, 3.8) is 0 Å². The molecule has 3 rings (SSSR count). The van der Waals surface area contributed by atoms with Crippen molar-refractivity contribution in [1.29, 1.82) is 5.26 Å². The average Bonchev–Trinajstić information content (AvgIpc) is 3.03. The van der Waals surface area contributed by atoms with E-state index in [4.69, 9.17) is 23.3 Å². The van der Waals surface area contributed by atoms with E-state index in [0.717, 1.165) is 16.7 Å². The summed E-state index contributed by atoms with van der Waals surface area (Å²) in [5.41, 5.74) is 1.22. The van der Waals surface area contributed by atoms with Gasteiger partial charge in [0.15, 0.2) is 0 Å². The van der Waals surface area contributed by atoms with Gasteiger partial charge in [-0.3, -0.25) is 0 Å². The van der Waals surface area contributed by atoms with Gasteiger partial charge in [-0.15, -0.1) is 4.67 Å². The van der Waals surface area contributed by atoms with Crippen molar-refractivity contribution >= 4 is 16.5 Å². The highest BCUT2D eigenvalue weighted by atomic mass is 32.8. The fourth-order valence-electron chi connectivity index (χ4n) is 5.50. The van der Waals surface area contributed by atoms with E-state index in [9.17, 15) is 13.7 Å². The number of methoxy groups -OCH3 is 2.